The molecule has 0 unspecified atom stereocenters. The van der Waals surface area contributed by atoms with Crippen molar-refractivity contribution in [2.75, 3.05) is 0 Å². The zero-order chi connectivity index (χ0) is 15.0. The molecule has 19 heavy (non-hydrogen) atoms. The summed E-state index contributed by atoms with van der Waals surface area (Å²) in [6, 6.07) is 0.508. The number of rotatable bonds is 3. The van der Waals surface area contributed by atoms with Gasteiger partial charge in [-0.1, -0.05) is 0 Å². The number of halogens is 5. The van der Waals surface area contributed by atoms with Crippen molar-refractivity contribution < 1.29 is 31.2 Å². The van der Waals surface area contributed by atoms with E-state index in [9.17, 15) is 31.7 Å². The molecule has 0 aliphatic heterocycles. The number of aromatic nitrogens is 1. The van der Waals surface area contributed by atoms with Crippen LogP contribution in [0.2, 0.25) is 0 Å². The third-order valence-electron chi connectivity index (χ3n) is 1.52. The molecule has 0 saturated heterocycles. The van der Waals surface area contributed by atoms with Crippen LogP contribution in [0.25, 0.3) is 0 Å². The van der Waals surface area contributed by atoms with Crippen molar-refractivity contribution in [3.8, 4) is 5.75 Å². The summed E-state index contributed by atoms with van der Waals surface area (Å²) in [7, 11) is 0.508. The molecule has 0 N–H and O–H groups in total. The molecule has 106 valence electrons. The van der Waals surface area contributed by atoms with Crippen LogP contribution in [0.3, 0.4) is 0 Å². The van der Waals surface area contributed by atoms with Gasteiger partial charge in [-0.05, 0) is 32.5 Å². The second kappa shape index (κ2) is 5.24. The number of ether oxygens (including phenoxy) is 1. The van der Waals surface area contributed by atoms with Gasteiger partial charge >= 0.3 is 21.2 Å². The van der Waals surface area contributed by atoms with Gasteiger partial charge in [-0.25, -0.2) is 8.42 Å². The van der Waals surface area contributed by atoms with Gasteiger partial charge in [0.15, 0.2) is 0 Å². The van der Waals surface area contributed by atoms with Crippen LogP contribution >= 0.6 is 33.3 Å². The van der Waals surface area contributed by atoms with Crippen LogP contribution in [-0.4, -0.2) is 24.7 Å². The average molecular weight is 433 g/mol. The lowest BCUT2D eigenvalue weighted by atomic mass is 10.4. The fraction of sp³-hybridized carbons (Fsp3) is 0.167. The summed E-state index contributed by atoms with van der Waals surface area (Å²) in [5, 5.41) is 9.63. The van der Waals surface area contributed by atoms with Crippen LogP contribution in [0.1, 0.15) is 0 Å². The number of alkyl halides is 3. The van der Waals surface area contributed by atoms with Gasteiger partial charge < -0.3 is 14.9 Å². The molecule has 0 spiro atoms. The first-order valence-corrected chi connectivity index (χ1v) is 7.36. The Labute approximate surface area is 121 Å². The molecule has 0 aliphatic carbocycles. The fourth-order valence-corrected chi connectivity index (χ4v) is 3.45. The Hall–Kier alpha value is -0.890. The molecule has 0 amide bonds. The highest BCUT2D eigenvalue weighted by molar-refractivity contribution is 14.1. The predicted octanol–water partition coefficient (Wildman–Crippen LogP) is 2.42. The van der Waals surface area contributed by atoms with Crippen molar-refractivity contribution in [1.29, 1.82) is 0 Å². The lowest BCUT2D eigenvalue weighted by molar-refractivity contribution is -0.393. The summed E-state index contributed by atoms with van der Waals surface area (Å²) in [5.74, 6) is -2.64. The maximum atomic E-state index is 12.0. The number of nitrogens with zero attached hydrogens (tertiary/aromatic N) is 2. The number of pyridine rings is 1. The minimum atomic E-state index is -5.18. The van der Waals surface area contributed by atoms with E-state index in [1.165, 1.54) is 22.6 Å². The first-order valence-electron chi connectivity index (χ1n) is 3.97. The normalized spacial score (nSPS) is 12.3. The van der Waals surface area contributed by atoms with Crippen molar-refractivity contribution in [2.24, 2.45) is 0 Å². The van der Waals surface area contributed by atoms with Crippen LogP contribution in [0.4, 0.5) is 19.0 Å². The van der Waals surface area contributed by atoms with Crippen LogP contribution in [0, 0.1) is 13.7 Å². The Bertz CT molecular complexity index is 634. The molecule has 7 nitrogen and oxygen atoms in total. The average Bonchev–Trinajstić information content (AvgIpc) is 2.11. The topological polar surface area (TPSA) is 99.4 Å². The smallest absolute Gasteiger partial charge is 0.397 e. The molecule has 0 aliphatic rings. The SMILES string of the molecule is O=[N+]([O-])c1nc(S(=O)(=O)Cl)c(I)cc1OC(F)(F)F. The first kappa shape index (κ1) is 16.2. The Balaban J connectivity index is 3.51. The molecular formula is C6HClF3IN2O5S. The summed E-state index contributed by atoms with van der Waals surface area (Å²) in [6.45, 7) is 0. The van der Waals surface area contributed by atoms with Gasteiger partial charge in [0.05, 0.1) is 3.57 Å². The highest BCUT2D eigenvalue weighted by atomic mass is 127. The van der Waals surface area contributed by atoms with E-state index in [1.807, 2.05) is 0 Å². The van der Waals surface area contributed by atoms with Crippen molar-refractivity contribution >= 4 is 48.1 Å². The van der Waals surface area contributed by atoms with Crippen LogP contribution < -0.4 is 4.74 Å². The van der Waals surface area contributed by atoms with Gasteiger partial charge in [-0.2, -0.15) is 0 Å². The van der Waals surface area contributed by atoms with Gasteiger partial charge in [-0.15, -0.1) is 13.2 Å². The van der Waals surface area contributed by atoms with E-state index in [0.717, 1.165) is 0 Å². The molecule has 0 aromatic carbocycles. The monoisotopic (exact) mass is 432 g/mol. The highest BCUT2D eigenvalue weighted by Crippen LogP contribution is 2.34. The molecule has 1 heterocycles. The van der Waals surface area contributed by atoms with E-state index < -0.39 is 36.9 Å². The summed E-state index contributed by atoms with van der Waals surface area (Å²) < 4.78 is 61.2. The minimum Gasteiger partial charge on any atom is -0.397 e. The van der Waals surface area contributed by atoms with E-state index in [2.05, 4.69) is 9.72 Å². The zero-order valence-electron chi connectivity index (χ0n) is 8.31. The Morgan fingerprint density at radius 2 is 2.00 bits per heavy atom. The molecule has 0 radical (unpaired) electrons. The van der Waals surface area contributed by atoms with Crippen molar-refractivity contribution in [3.63, 3.8) is 0 Å². The second-order valence-electron chi connectivity index (χ2n) is 2.84. The van der Waals surface area contributed by atoms with E-state index in [1.54, 1.807) is 0 Å². The van der Waals surface area contributed by atoms with Gasteiger partial charge in [0.25, 0.3) is 5.03 Å². The van der Waals surface area contributed by atoms with Crippen LogP contribution in [-0.2, 0) is 9.05 Å². The fourth-order valence-electron chi connectivity index (χ4n) is 0.948. The summed E-state index contributed by atoms with van der Waals surface area (Å²) in [4.78, 5) is 12.2. The van der Waals surface area contributed by atoms with E-state index in [-0.39, 0.29) is 3.57 Å². The Morgan fingerprint density at radius 1 is 1.47 bits per heavy atom. The number of hydrogen-bond donors (Lipinski definition) is 0. The predicted molar refractivity (Wildman–Crippen MR) is 63.3 cm³/mol. The molecule has 0 saturated carbocycles. The lowest BCUT2D eigenvalue weighted by Crippen LogP contribution is -2.19. The minimum absolute atomic E-state index is 0.350. The summed E-state index contributed by atoms with van der Waals surface area (Å²) in [6.07, 6.45) is -5.18. The third kappa shape index (κ3) is 4.31. The second-order valence-corrected chi connectivity index (χ2v) is 6.48. The largest absolute Gasteiger partial charge is 0.573 e. The molecule has 1 aromatic rings. The van der Waals surface area contributed by atoms with Crippen LogP contribution in [0.5, 0.6) is 5.75 Å². The van der Waals surface area contributed by atoms with Gasteiger partial charge in [-0.3, -0.25) is 0 Å². The number of nitro groups is 1. The maximum absolute atomic E-state index is 12.0. The summed E-state index contributed by atoms with van der Waals surface area (Å²) in [5.41, 5.74) is 0. The van der Waals surface area contributed by atoms with Crippen molar-refractivity contribution in [2.45, 2.75) is 11.4 Å². The quantitative estimate of drug-likeness (QED) is 0.315. The molecule has 0 fully saturated rings. The molecule has 13 heteroatoms. The van der Waals surface area contributed by atoms with E-state index in [4.69, 9.17) is 10.7 Å². The highest BCUT2D eigenvalue weighted by Gasteiger charge is 2.37. The third-order valence-corrected chi connectivity index (χ3v) is 3.92. The van der Waals surface area contributed by atoms with E-state index in [0.29, 0.717) is 6.07 Å². The molecule has 0 atom stereocenters. The Morgan fingerprint density at radius 3 is 2.37 bits per heavy atom. The van der Waals surface area contributed by atoms with Gasteiger partial charge in [0.1, 0.15) is 0 Å². The lowest BCUT2D eigenvalue weighted by Gasteiger charge is -2.09. The molecule has 1 rings (SSSR count). The standard InChI is InChI=1S/C6HClF3IN2O5S/c7-19(16,17)5-2(11)1-3(18-6(8,9)10)4(12-5)13(14)15/h1H. The van der Waals surface area contributed by atoms with Gasteiger partial charge in [0, 0.05) is 16.7 Å². The van der Waals surface area contributed by atoms with E-state index >= 15 is 0 Å². The zero-order valence-corrected chi connectivity index (χ0v) is 12.0. The Kier molecular flexibility index (Phi) is 4.46. The number of hydrogen-bond acceptors (Lipinski definition) is 6. The molecule has 1 aromatic heterocycles. The van der Waals surface area contributed by atoms with Crippen molar-refractivity contribution in [1.82, 2.24) is 4.98 Å². The summed E-state index contributed by atoms with van der Waals surface area (Å²) >= 11 is 1.31. The van der Waals surface area contributed by atoms with Gasteiger partial charge in [0.2, 0.25) is 5.75 Å². The van der Waals surface area contributed by atoms with Crippen molar-refractivity contribution in [3.05, 3.63) is 19.8 Å². The van der Waals surface area contributed by atoms with Crippen LogP contribution in [0.15, 0.2) is 11.1 Å². The molecule has 0 bridgehead atoms. The molecular weight excluding hydrogens is 431 g/mol. The maximum Gasteiger partial charge on any atom is 0.573 e. The first-order chi connectivity index (χ1) is 8.42.